The Bertz CT molecular complexity index is 340. The molecule has 0 N–H and O–H groups in total. The molecule has 0 radical (unpaired) electrons. The van der Waals surface area contributed by atoms with Crippen LogP contribution in [0, 0.1) is 6.92 Å². The maximum absolute atomic E-state index is 5.88. The topological polar surface area (TPSA) is 30.3 Å². The van der Waals surface area contributed by atoms with Crippen LogP contribution in [0.5, 0.6) is 5.88 Å². The van der Waals surface area contributed by atoms with E-state index in [2.05, 4.69) is 23.8 Å². The molecule has 1 aliphatic rings. The lowest BCUT2D eigenvalue weighted by Crippen LogP contribution is -2.30. The molecule has 4 nitrogen and oxygen atoms in total. The second-order valence-electron chi connectivity index (χ2n) is 4.86. The van der Waals surface area contributed by atoms with E-state index in [9.17, 15) is 0 Å². The summed E-state index contributed by atoms with van der Waals surface area (Å²) in [4.78, 5) is 2.44. The van der Waals surface area contributed by atoms with Crippen molar-refractivity contribution in [1.29, 1.82) is 0 Å². The molecular weight excluding hydrogens is 202 g/mol. The summed E-state index contributed by atoms with van der Waals surface area (Å²) in [6.45, 7) is 8.65. The zero-order valence-corrected chi connectivity index (χ0v) is 10.6. The molecule has 0 saturated carbocycles. The highest BCUT2D eigenvalue weighted by molar-refractivity contribution is 5.14. The molecule has 1 atom stereocenters. The quantitative estimate of drug-likeness (QED) is 0.779. The highest BCUT2D eigenvalue weighted by atomic mass is 16.5. The molecule has 2 rings (SSSR count). The molecule has 2 heterocycles. The monoisotopic (exact) mass is 223 g/mol. The van der Waals surface area contributed by atoms with Crippen molar-refractivity contribution in [3.63, 3.8) is 0 Å². The van der Waals surface area contributed by atoms with Crippen molar-refractivity contribution in [2.75, 3.05) is 13.1 Å². The van der Waals surface area contributed by atoms with Gasteiger partial charge in [-0.1, -0.05) is 0 Å². The van der Waals surface area contributed by atoms with Gasteiger partial charge in [-0.3, -0.25) is 9.58 Å². The molecule has 0 bridgehead atoms. The van der Waals surface area contributed by atoms with Gasteiger partial charge < -0.3 is 4.74 Å². The molecule has 16 heavy (non-hydrogen) atoms. The minimum atomic E-state index is 0.302. The van der Waals surface area contributed by atoms with E-state index < -0.39 is 0 Å². The largest absolute Gasteiger partial charge is 0.472 e. The Labute approximate surface area is 97.2 Å². The smallest absolute Gasteiger partial charge is 0.233 e. The fourth-order valence-electron chi connectivity index (χ4n) is 2.08. The van der Waals surface area contributed by atoms with Gasteiger partial charge in [0.1, 0.15) is 6.10 Å². The first-order valence-electron chi connectivity index (χ1n) is 5.97. The van der Waals surface area contributed by atoms with E-state index >= 15 is 0 Å². The van der Waals surface area contributed by atoms with Gasteiger partial charge in [-0.05, 0) is 27.2 Å². The van der Waals surface area contributed by atoms with Gasteiger partial charge >= 0.3 is 0 Å². The number of ether oxygens (including phenoxy) is 1. The summed E-state index contributed by atoms with van der Waals surface area (Å²) in [5.41, 5.74) is 1.13. The second-order valence-corrected chi connectivity index (χ2v) is 4.86. The van der Waals surface area contributed by atoms with Gasteiger partial charge in [0, 0.05) is 37.9 Å². The van der Waals surface area contributed by atoms with Gasteiger partial charge in [0.05, 0.1) is 0 Å². The number of hydrogen-bond donors (Lipinski definition) is 0. The number of aryl methyl sites for hydroxylation is 2. The zero-order chi connectivity index (χ0) is 11.7. The van der Waals surface area contributed by atoms with Gasteiger partial charge in [0.2, 0.25) is 5.88 Å². The Morgan fingerprint density at radius 3 is 2.75 bits per heavy atom. The van der Waals surface area contributed by atoms with Crippen molar-refractivity contribution in [2.45, 2.75) is 39.3 Å². The van der Waals surface area contributed by atoms with Crippen LogP contribution in [0.2, 0.25) is 0 Å². The van der Waals surface area contributed by atoms with Crippen LogP contribution in [0.3, 0.4) is 0 Å². The van der Waals surface area contributed by atoms with E-state index in [-0.39, 0.29) is 0 Å². The Morgan fingerprint density at radius 2 is 2.25 bits per heavy atom. The van der Waals surface area contributed by atoms with Crippen LogP contribution in [0.15, 0.2) is 6.07 Å². The summed E-state index contributed by atoms with van der Waals surface area (Å²) in [5, 5.41) is 4.32. The van der Waals surface area contributed by atoms with E-state index in [0.717, 1.165) is 31.1 Å². The molecule has 0 amide bonds. The van der Waals surface area contributed by atoms with E-state index in [1.807, 2.05) is 24.7 Å². The van der Waals surface area contributed by atoms with Crippen LogP contribution in [0.4, 0.5) is 0 Å². The third-order valence-corrected chi connectivity index (χ3v) is 3.29. The van der Waals surface area contributed by atoms with E-state index in [1.54, 1.807) is 0 Å². The molecule has 0 aliphatic carbocycles. The third kappa shape index (κ3) is 2.38. The van der Waals surface area contributed by atoms with Gasteiger partial charge in [-0.15, -0.1) is 5.10 Å². The predicted octanol–water partition coefficient (Wildman–Crippen LogP) is 1.59. The summed E-state index contributed by atoms with van der Waals surface area (Å²) in [6.07, 6.45) is 1.41. The van der Waals surface area contributed by atoms with Gasteiger partial charge in [0.25, 0.3) is 0 Å². The van der Waals surface area contributed by atoms with Crippen LogP contribution in [-0.2, 0) is 7.05 Å². The van der Waals surface area contributed by atoms with E-state index in [4.69, 9.17) is 4.74 Å². The van der Waals surface area contributed by atoms with E-state index in [0.29, 0.717) is 12.1 Å². The lowest BCUT2D eigenvalue weighted by Gasteiger charge is -2.19. The number of rotatable bonds is 3. The van der Waals surface area contributed by atoms with Gasteiger partial charge in [0.15, 0.2) is 0 Å². The molecule has 1 aromatic heterocycles. The first kappa shape index (κ1) is 11.5. The van der Waals surface area contributed by atoms with E-state index in [1.165, 1.54) is 0 Å². The molecule has 4 heteroatoms. The summed E-state index contributed by atoms with van der Waals surface area (Å²) >= 11 is 0. The number of likely N-dealkylation sites (tertiary alicyclic amines) is 1. The van der Waals surface area contributed by atoms with Crippen molar-refractivity contribution in [2.24, 2.45) is 7.05 Å². The average molecular weight is 223 g/mol. The molecule has 1 fully saturated rings. The molecule has 90 valence electrons. The third-order valence-electron chi connectivity index (χ3n) is 3.29. The Balaban J connectivity index is 1.92. The molecule has 1 aromatic rings. The van der Waals surface area contributed by atoms with Gasteiger partial charge in [-0.25, -0.2) is 0 Å². The van der Waals surface area contributed by atoms with Crippen molar-refractivity contribution in [3.8, 4) is 5.88 Å². The Hall–Kier alpha value is -1.03. The highest BCUT2D eigenvalue weighted by Crippen LogP contribution is 2.19. The lowest BCUT2D eigenvalue weighted by atomic mass is 10.3. The first-order valence-corrected chi connectivity index (χ1v) is 5.97. The van der Waals surface area contributed by atoms with Crippen molar-refractivity contribution in [3.05, 3.63) is 11.8 Å². The minimum absolute atomic E-state index is 0.302. The highest BCUT2D eigenvalue weighted by Gasteiger charge is 2.26. The molecule has 0 aromatic carbocycles. The van der Waals surface area contributed by atoms with Gasteiger partial charge in [-0.2, -0.15) is 0 Å². The Morgan fingerprint density at radius 1 is 1.50 bits per heavy atom. The summed E-state index contributed by atoms with van der Waals surface area (Å²) in [7, 11) is 1.94. The fourth-order valence-corrected chi connectivity index (χ4v) is 2.08. The maximum Gasteiger partial charge on any atom is 0.233 e. The fraction of sp³-hybridized carbons (Fsp3) is 0.750. The standard InChI is InChI=1S/C12H21N3O/c1-9(2)15-6-5-11(8-15)16-12-7-10(3)14(4)13-12/h7,9,11H,5-6,8H2,1-4H3. The van der Waals surface area contributed by atoms with Crippen LogP contribution in [0.1, 0.15) is 26.0 Å². The van der Waals surface area contributed by atoms with Crippen LogP contribution < -0.4 is 4.74 Å². The number of aromatic nitrogens is 2. The SMILES string of the molecule is Cc1cc(OC2CCN(C(C)C)C2)nn1C. The summed E-state index contributed by atoms with van der Waals surface area (Å²) in [5.74, 6) is 0.760. The normalized spacial score (nSPS) is 21.9. The van der Waals surface area contributed by atoms with Crippen LogP contribution in [-0.4, -0.2) is 39.9 Å². The second kappa shape index (κ2) is 4.45. The predicted molar refractivity (Wildman–Crippen MR) is 63.7 cm³/mol. The number of hydrogen-bond acceptors (Lipinski definition) is 3. The van der Waals surface area contributed by atoms with Crippen molar-refractivity contribution < 1.29 is 4.74 Å². The van der Waals surface area contributed by atoms with Crippen molar-refractivity contribution >= 4 is 0 Å². The molecule has 1 aliphatic heterocycles. The first-order chi connectivity index (χ1) is 7.56. The average Bonchev–Trinajstić information content (AvgIpc) is 2.76. The lowest BCUT2D eigenvalue weighted by molar-refractivity contribution is 0.180. The minimum Gasteiger partial charge on any atom is -0.472 e. The summed E-state index contributed by atoms with van der Waals surface area (Å²) in [6, 6.07) is 2.61. The van der Waals surface area contributed by atoms with Crippen LogP contribution in [0.25, 0.3) is 0 Å². The maximum atomic E-state index is 5.88. The summed E-state index contributed by atoms with van der Waals surface area (Å²) < 4.78 is 7.74. The zero-order valence-electron chi connectivity index (χ0n) is 10.6. The molecule has 0 spiro atoms. The van der Waals surface area contributed by atoms with Crippen LogP contribution >= 0.6 is 0 Å². The molecular formula is C12H21N3O. The Kier molecular flexibility index (Phi) is 3.19. The van der Waals surface area contributed by atoms with Crippen molar-refractivity contribution in [1.82, 2.24) is 14.7 Å². The molecule has 1 unspecified atom stereocenters. The number of nitrogens with zero attached hydrogens (tertiary/aromatic N) is 3. The molecule has 1 saturated heterocycles.